The van der Waals surface area contributed by atoms with Crippen LogP contribution < -0.4 is 11.1 Å². The summed E-state index contributed by atoms with van der Waals surface area (Å²) in [6, 6.07) is 7.62. The van der Waals surface area contributed by atoms with E-state index in [4.69, 9.17) is 5.73 Å². The number of carbonyl (C=O) groups is 1. The summed E-state index contributed by atoms with van der Waals surface area (Å²) >= 11 is 0. The SMILES string of the molecule is CC(C)Cn1ccnc1NC(=O)CCc1ccccc1N. The Morgan fingerprint density at radius 1 is 1.38 bits per heavy atom. The van der Waals surface area contributed by atoms with Gasteiger partial charge in [0, 0.05) is 31.0 Å². The summed E-state index contributed by atoms with van der Waals surface area (Å²) in [7, 11) is 0. The molecule has 0 atom stereocenters. The molecule has 0 aliphatic heterocycles. The number of aromatic nitrogens is 2. The molecule has 2 rings (SSSR count). The fraction of sp³-hybridized carbons (Fsp3) is 0.375. The van der Waals surface area contributed by atoms with E-state index >= 15 is 0 Å². The third-order valence-electron chi connectivity index (χ3n) is 3.21. The van der Waals surface area contributed by atoms with Crippen molar-refractivity contribution in [3.8, 4) is 0 Å². The summed E-state index contributed by atoms with van der Waals surface area (Å²) < 4.78 is 1.96. The Hall–Kier alpha value is -2.30. The first-order valence-electron chi connectivity index (χ1n) is 7.20. The van der Waals surface area contributed by atoms with Crippen LogP contribution in [0.4, 0.5) is 11.6 Å². The Labute approximate surface area is 125 Å². The summed E-state index contributed by atoms with van der Waals surface area (Å²) in [5.74, 6) is 1.06. The predicted molar refractivity (Wildman–Crippen MR) is 84.9 cm³/mol. The van der Waals surface area contributed by atoms with Crippen LogP contribution in [0.2, 0.25) is 0 Å². The smallest absolute Gasteiger partial charge is 0.227 e. The van der Waals surface area contributed by atoms with Crippen molar-refractivity contribution in [2.24, 2.45) is 5.92 Å². The van der Waals surface area contributed by atoms with Gasteiger partial charge in [-0.1, -0.05) is 32.0 Å². The molecule has 0 bridgehead atoms. The van der Waals surface area contributed by atoms with E-state index < -0.39 is 0 Å². The fourth-order valence-electron chi connectivity index (χ4n) is 2.17. The normalized spacial score (nSPS) is 10.8. The third kappa shape index (κ3) is 4.34. The first kappa shape index (κ1) is 15.1. The average molecular weight is 286 g/mol. The van der Waals surface area contributed by atoms with Gasteiger partial charge in [0.1, 0.15) is 0 Å². The lowest BCUT2D eigenvalue weighted by molar-refractivity contribution is -0.116. The van der Waals surface area contributed by atoms with Gasteiger partial charge in [-0.25, -0.2) is 4.98 Å². The van der Waals surface area contributed by atoms with E-state index in [0.29, 0.717) is 24.7 Å². The molecule has 0 unspecified atom stereocenters. The lowest BCUT2D eigenvalue weighted by Crippen LogP contribution is -2.17. The Morgan fingerprint density at radius 3 is 2.86 bits per heavy atom. The quantitative estimate of drug-likeness (QED) is 0.802. The summed E-state index contributed by atoms with van der Waals surface area (Å²) in [4.78, 5) is 16.2. The van der Waals surface area contributed by atoms with E-state index in [0.717, 1.165) is 17.8 Å². The van der Waals surface area contributed by atoms with Gasteiger partial charge in [-0.05, 0) is 24.0 Å². The maximum Gasteiger partial charge on any atom is 0.227 e. The molecule has 0 saturated carbocycles. The number of amides is 1. The molecule has 0 saturated heterocycles. The maximum atomic E-state index is 12.0. The van der Waals surface area contributed by atoms with Crippen LogP contribution in [0.15, 0.2) is 36.7 Å². The zero-order valence-corrected chi connectivity index (χ0v) is 12.5. The van der Waals surface area contributed by atoms with Gasteiger partial charge in [0.15, 0.2) is 0 Å². The second-order valence-corrected chi connectivity index (χ2v) is 5.54. The number of rotatable bonds is 6. The van der Waals surface area contributed by atoms with Crippen LogP contribution in [-0.4, -0.2) is 15.5 Å². The van der Waals surface area contributed by atoms with Gasteiger partial charge in [-0.2, -0.15) is 0 Å². The number of hydrogen-bond acceptors (Lipinski definition) is 3. The van der Waals surface area contributed by atoms with Crippen molar-refractivity contribution in [2.75, 3.05) is 11.1 Å². The lowest BCUT2D eigenvalue weighted by atomic mass is 10.1. The minimum Gasteiger partial charge on any atom is -0.399 e. The molecule has 2 aromatic rings. The molecule has 1 aromatic carbocycles. The van der Waals surface area contributed by atoms with Crippen LogP contribution in [-0.2, 0) is 17.8 Å². The lowest BCUT2D eigenvalue weighted by Gasteiger charge is -2.11. The van der Waals surface area contributed by atoms with Gasteiger partial charge >= 0.3 is 0 Å². The van der Waals surface area contributed by atoms with E-state index in [1.165, 1.54) is 0 Å². The van der Waals surface area contributed by atoms with Crippen LogP contribution in [0.1, 0.15) is 25.8 Å². The Balaban J connectivity index is 1.90. The zero-order chi connectivity index (χ0) is 15.2. The van der Waals surface area contributed by atoms with Crippen molar-refractivity contribution >= 4 is 17.5 Å². The number of aryl methyl sites for hydroxylation is 1. The van der Waals surface area contributed by atoms with Gasteiger partial charge in [0.05, 0.1) is 0 Å². The van der Waals surface area contributed by atoms with Crippen LogP contribution in [0.5, 0.6) is 0 Å². The van der Waals surface area contributed by atoms with Gasteiger partial charge in [0.2, 0.25) is 11.9 Å². The number of nitrogens with two attached hydrogens (primary N) is 1. The molecular weight excluding hydrogens is 264 g/mol. The number of benzene rings is 1. The number of carbonyl (C=O) groups excluding carboxylic acids is 1. The topological polar surface area (TPSA) is 72.9 Å². The Kier molecular flexibility index (Phi) is 4.98. The number of hydrogen-bond donors (Lipinski definition) is 2. The summed E-state index contributed by atoms with van der Waals surface area (Å²) in [5.41, 5.74) is 7.60. The van der Waals surface area contributed by atoms with Gasteiger partial charge in [0.25, 0.3) is 0 Å². The van der Waals surface area contributed by atoms with E-state index in [-0.39, 0.29) is 5.91 Å². The second-order valence-electron chi connectivity index (χ2n) is 5.54. The summed E-state index contributed by atoms with van der Waals surface area (Å²) in [6.45, 7) is 5.09. The van der Waals surface area contributed by atoms with Crippen molar-refractivity contribution in [1.29, 1.82) is 0 Å². The van der Waals surface area contributed by atoms with Gasteiger partial charge in [-0.3, -0.25) is 10.1 Å². The molecule has 5 heteroatoms. The highest BCUT2D eigenvalue weighted by Gasteiger charge is 2.09. The third-order valence-corrected chi connectivity index (χ3v) is 3.21. The molecule has 0 radical (unpaired) electrons. The van der Waals surface area contributed by atoms with Crippen molar-refractivity contribution in [3.05, 3.63) is 42.2 Å². The molecule has 1 amide bonds. The van der Waals surface area contributed by atoms with E-state index in [9.17, 15) is 4.79 Å². The first-order valence-corrected chi connectivity index (χ1v) is 7.20. The molecule has 21 heavy (non-hydrogen) atoms. The minimum atomic E-state index is -0.0468. The Bertz CT molecular complexity index is 604. The molecule has 0 spiro atoms. The molecule has 112 valence electrons. The molecule has 1 heterocycles. The number of imidazole rings is 1. The number of nitrogens with one attached hydrogen (secondary N) is 1. The predicted octanol–water partition coefficient (Wildman–Crippen LogP) is 2.69. The highest BCUT2D eigenvalue weighted by molar-refractivity contribution is 5.89. The van der Waals surface area contributed by atoms with Crippen molar-refractivity contribution in [2.45, 2.75) is 33.2 Å². The number of para-hydroxylation sites is 1. The molecule has 0 aliphatic carbocycles. The minimum absolute atomic E-state index is 0.0468. The fourth-order valence-corrected chi connectivity index (χ4v) is 2.17. The van der Waals surface area contributed by atoms with Crippen LogP contribution in [0, 0.1) is 5.92 Å². The zero-order valence-electron chi connectivity index (χ0n) is 12.5. The molecule has 0 fully saturated rings. The van der Waals surface area contributed by atoms with Crippen LogP contribution in [0.25, 0.3) is 0 Å². The highest BCUT2D eigenvalue weighted by atomic mass is 16.1. The average Bonchev–Trinajstić information content (AvgIpc) is 2.84. The monoisotopic (exact) mass is 286 g/mol. The summed E-state index contributed by atoms with van der Waals surface area (Å²) in [6.07, 6.45) is 4.60. The molecule has 3 N–H and O–H groups in total. The van der Waals surface area contributed by atoms with Crippen molar-refractivity contribution in [1.82, 2.24) is 9.55 Å². The maximum absolute atomic E-state index is 12.0. The van der Waals surface area contributed by atoms with Crippen molar-refractivity contribution in [3.63, 3.8) is 0 Å². The molecule has 1 aromatic heterocycles. The largest absolute Gasteiger partial charge is 0.399 e. The highest BCUT2D eigenvalue weighted by Crippen LogP contribution is 2.14. The van der Waals surface area contributed by atoms with E-state index in [1.54, 1.807) is 6.20 Å². The molecule has 0 aliphatic rings. The summed E-state index contributed by atoms with van der Waals surface area (Å²) in [5, 5.41) is 2.86. The first-order chi connectivity index (χ1) is 10.1. The second kappa shape index (κ2) is 6.92. The van der Waals surface area contributed by atoms with Gasteiger partial charge in [-0.15, -0.1) is 0 Å². The Morgan fingerprint density at radius 2 is 2.14 bits per heavy atom. The number of nitrogens with zero attached hydrogens (tertiary/aromatic N) is 2. The van der Waals surface area contributed by atoms with Crippen LogP contribution in [0.3, 0.4) is 0 Å². The van der Waals surface area contributed by atoms with E-state index in [2.05, 4.69) is 24.1 Å². The van der Waals surface area contributed by atoms with Crippen LogP contribution >= 0.6 is 0 Å². The van der Waals surface area contributed by atoms with Crippen molar-refractivity contribution < 1.29 is 4.79 Å². The van der Waals surface area contributed by atoms with Gasteiger partial charge < -0.3 is 10.3 Å². The van der Waals surface area contributed by atoms with E-state index in [1.807, 2.05) is 35.0 Å². The molecule has 5 nitrogen and oxygen atoms in total. The molecular formula is C16H22N4O. The standard InChI is InChI=1S/C16H22N4O/c1-12(2)11-20-10-9-18-16(20)19-15(21)8-7-13-5-3-4-6-14(13)17/h3-6,9-10,12H,7-8,11,17H2,1-2H3,(H,18,19,21). The number of anilines is 2. The number of nitrogen functional groups attached to an aromatic ring is 1.